The fraction of sp³-hybridized carbons (Fsp3) is 0.562. The first-order valence-corrected chi connectivity index (χ1v) is 7.89. The fourth-order valence-corrected chi connectivity index (χ4v) is 3.10. The number of rotatable bonds is 4. The van der Waals surface area contributed by atoms with Gasteiger partial charge in [0.2, 0.25) is 5.91 Å². The smallest absolute Gasteiger partial charge is 0.405 e. The van der Waals surface area contributed by atoms with Gasteiger partial charge in [-0.3, -0.25) is 9.69 Å². The molecule has 0 bridgehead atoms. The highest BCUT2D eigenvalue weighted by atomic mass is 19.4. The summed E-state index contributed by atoms with van der Waals surface area (Å²) < 4.78 is 47.6. The lowest BCUT2D eigenvalue weighted by molar-refractivity contribution is -0.139. The Balaban J connectivity index is 1.64. The standard InChI is InChI=1S/C16H19F3N2O3/c17-16(18,19)10-20-15(22)9-21-5-1-2-12(21)11-3-4-13-14(8-11)24-7-6-23-13/h3-4,8,12H,1-2,5-7,9-10H2,(H,20,22). The summed E-state index contributed by atoms with van der Waals surface area (Å²) in [5.41, 5.74) is 0.986. The van der Waals surface area contributed by atoms with Crippen LogP contribution in [0, 0.1) is 0 Å². The molecule has 132 valence electrons. The van der Waals surface area contributed by atoms with Crippen LogP contribution in [0.5, 0.6) is 11.5 Å². The van der Waals surface area contributed by atoms with E-state index >= 15 is 0 Å². The molecule has 8 heteroatoms. The molecule has 1 saturated heterocycles. The van der Waals surface area contributed by atoms with Crippen molar-refractivity contribution in [2.75, 3.05) is 32.8 Å². The van der Waals surface area contributed by atoms with Gasteiger partial charge in [-0.15, -0.1) is 0 Å². The molecule has 5 nitrogen and oxygen atoms in total. The number of benzene rings is 1. The number of alkyl halides is 3. The van der Waals surface area contributed by atoms with E-state index in [0.29, 0.717) is 31.3 Å². The van der Waals surface area contributed by atoms with Crippen molar-refractivity contribution in [2.45, 2.75) is 25.1 Å². The van der Waals surface area contributed by atoms with Gasteiger partial charge in [-0.25, -0.2) is 0 Å². The number of ether oxygens (including phenoxy) is 2. The number of carbonyl (C=O) groups is 1. The van der Waals surface area contributed by atoms with Crippen molar-refractivity contribution in [2.24, 2.45) is 0 Å². The van der Waals surface area contributed by atoms with Gasteiger partial charge in [-0.05, 0) is 37.1 Å². The zero-order valence-electron chi connectivity index (χ0n) is 13.1. The zero-order chi connectivity index (χ0) is 17.2. The second-order valence-electron chi connectivity index (χ2n) is 5.92. The van der Waals surface area contributed by atoms with Gasteiger partial charge in [0.1, 0.15) is 19.8 Å². The van der Waals surface area contributed by atoms with Crippen LogP contribution in [0.3, 0.4) is 0 Å². The van der Waals surface area contributed by atoms with Crippen LogP contribution in [0.25, 0.3) is 0 Å². The van der Waals surface area contributed by atoms with Crippen LogP contribution in [-0.4, -0.2) is 49.8 Å². The Bertz CT molecular complexity index is 607. The highest BCUT2D eigenvalue weighted by Gasteiger charge is 2.31. The lowest BCUT2D eigenvalue weighted by Crippen LogP contribution is -2.40. The van der Waals surface area contributed by atoms with Gasteiger partial charge in [0, 0.05) is 6.04 Å². The van der Waals surface area contributed by atoms with Crippen molar-refractivity contribution < 1.29 is 27.4 Å². The number of halogens is 3. The first-order chi connectivity index (χ1) is 11.4. The molecule has 0 saturated carbocycles. The second kappa shape index (κ2) is 6.88. The highest BCUT2D eigenvalue weighted by molar-refractivity contribution is 5.78. The number of hydrogen-bond donors (Lipinski definition) is 1. The summed E-state index contributed by atoms with van der Waals surface area (Å²) in [6.07, 6.45) is -2.65. The monoisotopic (exact) mass is 344 g/mol. The van der Waals surface area contributed by atoms with Crippen molar-refractivity contribution in [3.8, 4) is 11.5 Å². The molecule has 2 heterocycles. The molecule has 2 aliphatic heterocycles. The minimum Gasteiger partial charge on any atom is -0.486 e. The SMILES string of the molecule is O=C(CN1CCCC1c1ccc2c(c1)OCCO2)NCC(F)(F)F. The maximum Gasteiger partial charge on any atom is 0.405 e. The Morgan fingerprint density at radius 1 is 1.25 bits per heavy atom. The first kappa shape index (κ1) is 16.9. The van der Waals surface area contributed by atoms with Crippen LogP contribution in [-0.2, 0) is 4.79 Å². The summed E-state index contributed by atoms with van der Waals surface area (Å²) in [5, 5.41) is 1.92. The van der Waals surface area contributed by atoms with Gasteiger partial charge in [0.15, 0.2) is 11.5 Å². The lowest BCUT2D eigenvalue weighted by Gasteiger charge is -2.26. The Morgan fingerprint density at radius 3 is 2.75 bits per heavy atom. The van der Waals surface area contributed by atoms with Crippen molar-refractivity contribution in [3.05, 3.63) is 23.8 Å². The Kier molecular flexibility index (Phi) is 4.84. The van der Waals surface area contributed by atoms with Gasteiger partial charge >= 0.3 is 6.18 Å². The number of nitrogens with zero attached hydrogens (tertiary/aromatic N) is 1. The summed E-state index contributed by atoms with van der Waals surface area (Å²) in [4.78, 5) is 13.7. The first-order valence-electron chi connectivity index (χ1n) is 7.89. The fourth-order valence-electron chi connectivity index (χ4n) is 3.10. The van der Waals surface area contributed by atoms with Crippen molar-refractivity contribution >= 4 is 5.91 Å². The van der Waals surface area contributed by atoms with Crippen molar-refractivity contribution in [1.82, 2.24) is 10.2 Å². The zero-order valence-corrected chi connectivity index (χ0v) is 13.1. The minimum atomic E-state index is -4.39. The molecule has 0 spiro atoms. The van der Waals surface area contributed by atoms with Crippen LogP contribution in [0.2, 0.25) is 0 Å². The molecule has 1 aromatic rings. The maximum atomic E-state index is 12.2. The number of amides is 1. The molecule has 0 radical (unpaired) electrons. The Labute approximate surface area is 137 Å². The Morgan fingerprint density at radius 2 is 2.00 bits per heavy atom. The largest absolute Gasteiger partial charge is 0.486 e. The third kappa shape index (κ3) is 4.11. The average molecular weight is 344 g/mol. The lowest BCUT2D eigenvalue weighted by atomic mass is 10.0. The molecule has 1 fully saturated rings. The van der Waals surface area contributed by atoms with Crippen LogP contribution in [0.15, 0.2) is 18.2 Å². The van der Waals surface area contributed by atoms with Crippen LogP contribution >= 0.6 is 0 Å². The van der Waals surface area contributed by atoms with Gasteiger partial charge < -0.3 is 14.8 Å². The van der Waals surface area contributed by atoms with Gasteiger partial charge in [0.05, 0.1) is 6.54 Å². The summed E-state index contributed by atoms with van der Waals surface area (Å²) in [5.74, 6) is 0.751. The predicted molar refractivity (Wildman–Crippen MR) is 80.0 cm³/mol. The van der Waals surface area contributed by atoms with Crippen LogP contribution in [0.1, 0.15) is 24.4 Å². The molecule has 2 aliphatic rings. The van der Waals surface area contributed by atoms with Gasteiger partial charge in [-0.2, -0.15) is 13.2 Å². The van der Waals surface area contributed by atoms with E-state index in [0.717, 1.165) is 18.4 Å². The van der Waals surface area contributed by atoms with E-state index in [1.165, 1.54) is 0 Å². The number of fused-ring (bicyclic) bond motifs is 1. The molecule has 3 rings (SSSR count). The molecule has 0 aliphatic carbocycles. The average Bonchev–Trinajstić information content (AvgIpc) is 3.00. The second-order valence-corrected chi connectivity index (χ2v) is 5.92. The Hall–Kier alpha value is -1.96. The molecule has 1 amide bonds. The third-order valence-electron chi connectivity index (χ3n) is 4.15. The van der Waals surface area contributed by atoms with E-state index in [1.54, 1.807) is 0 Å². The third-order valence-corrected chi connectivity index (χ3v) is 4.15. The summed E-state index contributed by atoms with van der Waals surface area (Å²) >= 11 is 0. The topological polar surface area (TPSA) is 50.8 Å². The number of nitrogens with one attached hydrogen (secondary N) is 1. The normalized spacial score (nSPS) is 20.9. The molecular formula is C16H19F3N2O3. The van der Waals surface area contributed by atoms with Crippen LogP contribution < -0.4 is 14.8 Å². The van der Waals surface area contributed by atoms with Crippen molar-refractivity contribution in [3.63, 3.8) is 0 Å². The quantitative estimate of drug-likeness (QED) is 0.910. The molecular weight excluding hydrogens is 325 g/mol. The molecule has 1 unspecified atom stereocenters. The summed E-state index contributed by atoms with van der Waals surface area (Å²) in [7, 11) is 0. The van der Waals surface area contributed by atoms with E-state index in [4.69, 9.17) is 9.47 Å². The van der Waals surface area contributed by atoms with E-state index in [-0.39, 0.29) is 12.6 Å². The number of hydrogen-bond acceptors (Lipinski definition) is 4. The van der Waals surface area contributed by atoms with Crippen molar-refractivity contribution in [1.29, 1.82) is 0 Å². The summed E-state index contributed by atoms with van der Waals surface area (Å²) in [6, 6.07) is 5.65. The molecule has 1 atom stereocenters. The summed E-state index contributed by atoms with van der Waals surface area (Å²) in [6.45, 7) is 0.341. The molecule has 1 N–H and O–H groups in total. The van der Waals surface area contributed by atoms with E-state index < -0.39 is 18.6 Å². The molecule has 24 heavy (non-hydrogen) atoms. The highest BCUT2D eigenvalue weighted by Crippen LogP contribution is 2.37. The number of carbonyl (C=O) groups excluding carboxylic acids is 1. The van der Waals surface area contributed by atoms with Gasteiger partial charge in [-0.1, -0.05) is 6.07 Å². The van der Waals surface area contributed by atoms with Gasteiger partial charge in [0.25, 0.3) is 0 Å². The van der Waals surface area contributed by atoms with E-state index in [1.807, 2.05) is 28.4 Å². The molecule has 0 aromatic heterocycles. The molecule has 1 aromatic carbocycles. The number of likely N-dealkylation sites (tertiary alicyclic amines) is 1. The van der Waals surface area contributed by atoms with E-state index in [9.17, 15) is 18.0 Å². The maximum absolute atomic E-state index is 12.2. The van der Waals surface area contributed by atoms with E-state index in [2.05, 4.69) is 0 Å². The van der Waals surface area contributed by atoms with Crippen LogP contribution in [0.4, 0.5) is 13.2 Å². The predicted octanol–water partition coefficient (Wildman–Crippen LogP) is 2.27. The minimum absolute atomic E-state index is 0.00235.